The molecule has 1 aromatic carbocycles. The van der Waals surface area contributed by atoms with E-state index in [4.69, 9.17) is 0 Å². The summed E-state index contributed by atoms with van der Waals surface area (Å²) in [5, 5.41) is 3.24. The lowest BCUT2D eigenvalue weighted by molar-refractivity contribution is -0.125. The molecule has 0 unspecified atom stereocenters. The number of carbonyl (C=O) groups is 2. The van der Waals surface area contributed by atoms with Gasteiger partial charge in [-0.25, -0.2) is 0 Å². The van der Waals surface area contributed by atoms with Gasteiger partial charge in [-0.1, -0.05) is 19.1 Å². The number of nitrogens with zero attached hydrogens (tertiary/aromatic N) is 1. The molecule has 1 aliphatic heterocycles. The lowest BCUT2D eigenvalue weighted by Crippen LogP contribution is -2.35. The van der Waals surface area contributed by atoms with E-state index in [0.717, 1.165) is 31.5 Å². The average molecular weight is 260 g/mol. The van der Waals surface area contributed by atoms with Crippen LogP contribution in [0.15, 0.2) is 24.3 Å². The minimum Gasteiger partial charge on any atom is -0.313 e. The zero-order valence-electron chi connectivity index (χ0n) is 11.3. The molecule has 0 aliphatic carbocycles. The number of hydrogen-bond donors (Lipinski definition) is 1. The predicted molar refractivity (Wildman–Crippen MR) is 74.8 cm³/mol. The first-order valence-electron chi connectivity index (χ1n) is 6.88. The highest BCUT2D eigenvalue weighted by molar-refractivity contribution is 6.15. The molecule has 19 heavy (non-hydrogen) atoms. The minimum atomic E-state index is -0.0815. The summed E-state index contributed by atoms with van der Waals surface area (Å²) in [4.78, 5) is 25.3. The Balaban J connectivity index is 2.15. The zero-order chi connectivity index (χ0) is 13.7. The van der Waals surface area contributed by atoms with E-state index in [0.29, 0.717) is 18.5 Å². The molecular formula is C15H20N2O2. The standard InChI is InChI=1S/C15H20N2O2/c1-2-16-11-12-7-9-13(10-8-12)17-14(18)5-3-4-6-15(17)19/h7-10,16H,2-6,11H2,1H3. The van der Waals surface area contributed by atoms with Gasteiger partial charge >= 0.3 is 0 Å². The van der Waals surface area contributed by atoms with Crippen molar-refractivity contribution in [3.8, 4) is 0 Å². The number of hydrogen-bond acceptors (Lipinski definition) is 3. The SMILES string of the molecule is CCNCc1ccc(N2C(=O)CCCCC2=O)cc1. The normalized spacial score (nSPS) is 16.6. The molecule has 0 bridgehead atoms. The molecule has 0 aromatic heterocycles. The third-order valence-corrected chi connectivity index (χ3v) is 3.30. The van der Waals surface area contributed by atoms with Crippen LogP contribution < -0.4 is 10.2 Å². The van der Waals surface area contributed by atoms with Crippen molar-refractivity contribution in [1.82, 2.24) is 5.32 Å². The molecule has 1 saturated heterocycles. The van der Waals surface area contributed by atoms with Crippen molar-refractivity contribution in [3.05, 3.63) is 29.8 Å². The number of amides is 2. The number of rotatable bonds is 4. The van der Waals surface area contributed by atoms with E-state index in [1.807, 2.05) is 24.3 Å². The molecule has 1 heterocycles. The third-order valence-electron chi connectivity index (χ3n) is 3.30. The maximum absolute atomic E-state index is 12.0. The van der Waals surface area contributed by atoms with Crippen LogP contribution in [0.1, 0.15) is 38.2 Å². The number of imide groups is 1. The number of nitrogens with one attached hydrogen (secondary N) is 1. The second-order valence-electron chi connectivity index (χ2n) is 4.78. The van der Waals surface area contributed by atoms with Crippen LogP contribution in [0.2, 0.25) is 0 Å². The fourth-order valence-electron chi connectivity index (χ4n) is 2.24. The fourth-order valence-corrected chi connectivity index (χ4v) is 2.24. The number of anilines is 1. The molecule has 2 rings (SSSR count). The summed E-state index contributed by atoms with van der Waals surface area (Å²) in [6, 6.07) is 7.63. The molecule has 4 heteroatoms. The van der Waals surface area contributed by atoms with Crippen molar-refractivity contribution in [3.63, 3.8) is 0 Å². The van der Waals surface area contributed by atoms with Crippen molar-refractivity contribution in [2.45, 2.75) is 39.2 Å². The maximum Gasteiger partial charge on any atom is 0.233 e. The first kappa shape index (κ1) is 13.7. The summed E-state index contributed by atoms with van der Waals surface area (Å²) in [7, 11) is 0. The molecular weight excluding hydrogens is 240 g/mol. The smallest absolute Gasteiger partial charge is 0.233 e. The van der Waals surface area contributed by atoms with Crippen molar-refractivity contribution in [2.24, 2.45) is 0 Å². The average Bonchev–Trinajstić information content (AvgIpc) is 2.58. The van der Waals surface area contributed by atoms with Crippen molar-refractivity contribution in [2.75, 3.05) is 11.4 Å². The van der Waals surface area contributed by atoms with Gasteiger partial charge in [0.2, 0.25) is 11.8 Å². The molecule has 1 aromatic rings. The van der Waals surface area contributed by atoms with Gasteiger partial charge in [0.25, 0.3) is 0 Å². The third kappa shape index (κ3) is 3.41. The Morgan fingerprint density at radius 2 is 1.63 bits per heavy atom. The quantitative estimate of drug-likeness (QED) is 0.845. The molecule has 2 amide bonds. The summed E-state index contributed by atoms with van der Waals surface area (Å²) < 4.78 is 0. The van der Waals surface area contributed by atoms with Gasteiger partial charge in [0.1, 0.15) is 0 Å². The fraction of sp³-hybridized carbons (Fsp3) is 0.467. The molecule has 0 spiro atoms. The van der Waals surface area contributed by atoms with Crippen LogP contribution in [0.4, 0.5) is 5.69 Å². The first-order valence-corrected chi connectivity index (χ1v) is 6.88. The minimum absolute atomic E-state index is 0.0815. The lowest BCUT2D eigenvalue weighted by Gasteiger charge is -2.19. The Kier molecular flexibility index (Phi) is 4.68. The Bertz CT molecular complexity index is 436. The van der Waals surface area contributed by atoms with Gasteiger partial charge in [-0.2, -0.15) is 0 Å². The van der Waals surface area contributed by atoms with Crippen LogP contribution in [0.3, 0.4) is 0 Å². The first-order chi connectivity index (χ1) is 9.22. The molecule has 4 nitrogen and oxygen atoms in total. The highest BCUT2D eigenvalue weighted by Crippen LogP contribution is 2.21. The van der Waals surface area contributed by atoms with Gasteiger partial charge in [-0.05, 0) is 37.1 Å². The van der Waals surface area contributed by atoms with Crippen molar-refractivity contribution >= 4 is 17.5 Å². The molecule has 0 radical (unpaired) electrons. The van der Waals surface area contributed by atoms with E-state index >= 15 is 0 Å². The lowest BCUT2D eigenvalue weighted by atomic mass is 10.2. The second-order valence-corrected chi connectivity index (χ2v) is 4.78. The number of benzene rings is 1. The Hall–Kier alpha value is -1.68. The summed E-state index contributed by atoms with van der Waals surface area (Å²) >= 11 is 0. The Labute approximate surface area is 113 Å². The highest BCUT2D eigenvalue weighted by atomic mass is 16.2. The van der Waals surface area contributed by atoms with Gasteiger partial charge in [0, 0.05) is 19.4 Å². The van der Waals surface area contributed by atoms with Crippen LogP contribution in [-0.2, 0) is 16.1 Å². The topological polar surface area (TPSA) is 49.4 Å². The van der Waals surface area contributed by atoms with Gasteiger partial charge < -0.3 is 5.32 Å². The summed E-state index contributed by atoms with van der Waals surface area (Å²) in [5.74, 6) is -0.163. The number of carbonyl (C=O) groups excluding carboxylic acids is 2. The van der Waals surface area contributed by atoms with E-state index in [2.05, 4.69) is 12.2 Å². The van der Waals surface area contributed by atoms with Crippen LogP contribution in [0.5, 0.6) is 0 Å². The van der Waals surface area contributed by atoms with Crippen LogP contribution in [0.25, 0.3) is 0 Å². The van der Waals surface area contributed by atoms with Gasteiger partial charge in [-0.15, -0.1) is 0 Å². The van der Waals surface area contributed by atoms with Crippen LogP contribution >= 0.6 is 0 Å². The van der Waals surface area contributed by atoms with E-state index in [-0.39, 0.29) is 11.8 Å². The van der Waals surface area contributed by atoms with Gasteiger partial charge in [0.15, 0.2) is 0 Å². The maximum atomic E-state index is 12.0. The largest absolute Gasteiger partial charge is 0.313 e. The summed E-state index contributed by atoms with van der Waals surface area (Å²) in [5.41, 5.74) is 1.84. The van der Waals surface area contributed by atoms with E-state index in [1.54, 1.807) is 0 Å². The van der Waals surface area contributed by atoms with Crippen LogP contribution in [0, 0.1) is 0 Å². The van der Waals surface area contributed by atoms with E-state index in [9.17, 15) is 9.59 Å². The molecule has 0 saturated carbocycles. The molecule has 1 N–H and O–H groups in total. The van der Waals surface area contributed by atoms with Crippen molar-refractivity contribution in [1.29, 1.82) is 0 Å². The summed E-state index contributed by atoms with van der Waals surface area (Å²) in [6.07, 6.45) is 2.54. The predicted octanol–water partition coefficient (Wildman–Crippen LogP) is 2.23. The zero-order valence-corrected chi connectivity index (χ0v) is 11.3. The van der Waals surface area contributed by atoms with E-state index < -0.39 is 0 Å². The summed E-state index contributed by atoms with van der Waals surface area (Å²) in [6.45, 7) is 3.78. The van der Waals surface area contributed by atoms with Crippen molar-refractivity contribution < 1.29 is 9.59 Å². The Morgan fingerprint density at radius 3 is 2.16 bits per heavy atom. The Morgan fingerprint density at radius 1 is 1.05 bits per heavy atom. The monoisotopic (exact) mass is 260 g/mol. The molecule has 1 aliphatic rings. The molecule has 0 atom stereocenters. The van der Waals surface area contributed by atoms with E-state index in [1.165, 1.54) is 4.90 Å². The van der Waals surface area contributed by atoms with Gasteiger partial charge in [0.05, 0.1) is 5.69 Å². The molecule has 1 fully saturated rings. The van der Waals surface area contributed by atoms with Crippen LogP contribution in [-0.4, -0.2) is 18.4 Å². The second kappa shape index (κ2) is 6.48. The molecule has 102 valence electrons. The highest BCUT2D eigenvalue weighted by Gasteiger charge is 2.25. The van der Waals surface area contributed by atoms with Gasteiger partial charge in [-0.3, -0.25) is 14.5 Å².